The Morgan fingerprint density at radius 3 is 2.62 bits per heavy atom. The maximum Gasteiger partial charge on any atom is 0.0691 e. The summed E-state index contributed by atoms with van der Waals surface area (Å²) in [7, 11) is 0. The molecule has 1 saturated carbocycles. The Morgan fingerprint density at radius 2 is 2.23 bits per heavy atom. The van der Waals surface area contributed by atoms with E-state index in [0.29, 0.717) is 19.0 Å². The van der Waals surface area contributed by atoms with Crippen molar-refractivity contribution in [1.29, 1.82) is 0 Å². The molecule has 0 aliphatic heterocycles. The quantitative estimate of drug-likeness (QED) is 0.597. The van der Waals surface area contributed by atoms with Gasteiger partial charge in [0.1, 0.15) is 0 Å². The van der Waals surface area contributed by atoms with Gasteiger partial charge in [0.2, 0.25) is 0 Å². The van der Waals surface area contributed by atoms with Gasteiger partial charge in [0.25, 0.3) is 0 Å². The minimum Gasteiger partial charge on any atom is -0.390 e. The summed E-state index contributed by atoms with van der Waals surface area (Å²) < 4.78 is 0. The van der Waals surface area contributed by atoms with E-state index in [0.717, 1.165) is 25.7 Å². The van der Waals surface area contributed by atoms with Crippen molar-refractivity contribution in [2.45, 2.75) is 38.2 Å². The summed E-state index contributed by atoms with van der Waals surface area (Å²) in [6.07, 6.45) is 3.75. The second kappa shape index (κ2) is 4.40. The van der Waals surface area contributed by atoms with Crippen LogP contribution >= 0.6 is 0 Å². The van der Waals surface area contributed by atoms with Crippen LogP contribution in [0.15, 0.2) is 0 Å². The van der Waals surface area contributed by atoms with Crippen molar-refractivity contribution >= 4 is 0 Å². The fourth-order valence-corrected chi connectivity index (χ4v) is 2.50. The van der Waals surface area contributed by atoms with E-state index in [9.17, 15) is 5.11 Å². The Kier molecular flexibility index (Phi) is 3.71. The molecule has 0 aromatic carbocycles. The third-order valence-electron chi connectivity index (χ3n) is 3.50. The van der Waals surface area contributed by atoms with E-state index in [4.69, 9.17) is 11.5 Å². The molecule has 13 heavy (non-hydrogen) atoms. The van der Waals surface area contributed by atoms with Crippen molar-refractivity contribution in [2.75, 3.05) is 13.1 Å². The van der Waals surface area contributed by atoms with Crippen LogP contribution in [0.2, 0.25) is 0 Å². The molecule has 0 heterocycles. The van der Waals surface area contributed by atoms with Crippen LogP contribution < -0.4 is 11.5 Å². The predicted molar refractivity (Wildman–Crippen MR) is 54.2 cm³/mol. The molecule has 0 saturated heterocycles. The standard InChI is InChI=1S/C10H22N2O/c1-2-9(7-12)10(13)4-3-8(5-10)6-11/h8-9,13H,2-7,11-12H2,1H3. The molecule has 1 fully saturated rings. The molecular formula is C10H22N2O. The van der Waals surface area contributed by atoms with E-state index in [-0.39, 0.29) is 5.92 Å². The predicted octanol–water partition coefficient (Wildman–Crippen LogP) is 0.461. The van der Waals surface area contributed by atoms with Crippen molar-refractivity contribution in [3.8, 4) is 0 Å². The van der Waals surface area contributed by atoms with Gasteiger partial charge in [-0.2, -0.15) is 0 Å². The lowest BCUT2D eigenvalue weighted by Crippen LogP contribution is -2.39. The fourth-order valence-electron chi connectivity index (χ4n) is 2.50. The van der Waals surface area contributed by atoms with Crippen LogP contribution in [0.1, 0.15) is 32.6 Å². The van der Waals surface area contributed by atoms with Crippen LogP contribution in [0, 0.1) is 11.8 Å². The minimum absolute atomic E-state index is 0.254. The van der Waals surface area contributed by atoms with Gasteiger partial charge in [-0.1, -0.05) is 6.92 Å². The molecular weight excluding hydrogens is 164 g/mol. The maximum absolute atomic E-state index is 10.3. The second-order valence-corrected chi connectivity index (χ2v) is 4.29. The molecule has 0 spiro atoms. The normalized spacial score (nSPS) is 36.5. The molecule has 0 aromatic rings. The Labute approximate surface area is 80.5 Å². The van der Waals surface area contributed by atoms with Gasteiger partial charge in [-0.05, 0) is 50.6 Å². The van der Waals surface area contributed by atoms with Crippen LogP contribution in [0.4, 0.5) is 0 Å². The molecule has 0 amide bonds. The van der Waals surface area contributed by atoms with Gasteiger partial charge < -0.3 is 16.6 Å². The molecule has 3 heteroatoms. The summed E-state index contributed by atoms with van der Waals surface area (Å²) in [5.41, 5.74) is 10.7. The maximum atomic E-state index is 10.3. The third-order valence-corrected chi connectivity index (χ3v) is 3.50. The minimum atomic E-state index is -0.520. The highest BCUT2D eigenvalue weighted by Gasteiger charge is 2.41. The Hall–Kier alpha value is -0.120. The van der Waals surface area contributed by atoms with E-state index in [1.54, 1.807) is 0 Å². The average molecular weight is 186 g/mol. The van der Waals surface area contributed by atoms with Crippen LogP contribution in [0.5, 0.6) is 0 Å². The summed E-state index contributed by atoms with van der Waals surface area (Å²) in [5.74, 6) is 0.759. The molecule has 5 N–H and O–H groups in total. The topological polar surface area (TPSA) is 72.3 Å². The lowest BCUT2D eigenvalue weighted by molar-refractivity contribution is -0.0136. The van der Waals surface area contributed by atoms with Crippen molar-refractivity contribution < 1.29 is 5.11 Å². The molecule has 0 radical (unpaired) electrons. The molecule has 1 aliphatic carbocycles. The first-order valence-corrected chi connectivity index (χ1v) is 5.28. The van der Waals surface area contributed by atoms with E-state index >= 15 is 0 Å². The summed E-state index contributed by atoms with van der Waals surface area (Å²) in [5, 5.41) is 10.3. The molecule has 1 rings (SSSR count). The molecule has 1 aliphatic rings. The van der Waals surface area contributed by atoms with Gasteiger partial charge in [-0.25, -0.2) is 0 Å². The largest absolute Gasteiger partial charge is 0.390 e. The lowest BCUT2D eigenvalue weighted by atomic mass is 9.83. The Bertz CT molecular complexity index is 159. The summed E-state index contributed by atoms with van der Waals surface area (Å²) in [6.45, 7) is 3.37. The highest BCUT2D eigenvalue weighted by molar-refractivity contribution is 4.94. The van der Waals surface area contributed by atoms with Gasteiger partial charge in [0.15, 0.2) is 0 Å². The first kappa shape index (κ1) is 11.0. The van der Waals surface area contributed by atoms with Crippen molar-refractivity contribution in [2.24, 2.45) is 23.3 Å². The van der Waals surface area contributed by atoms with Gasteiger partial charge in [0, 0.05) is 0 Å². The smallest absolute Gasteiger partial charge is 0.0691 e. The molecule has 0 aromatic heterocycles. The van der Waals surface area contributed by atoms with Crippen molar-refractivity contribution in [3.05, 3.63) is 0 Å². The first-order valence-electron chi connectivity index (χ1n) is 5.28. The lowest BCUT2D eigenvalue weighted by Gasteiger charge is -2.31. The van der Waals surface area contributed by atoms with Gasteiger partial charge >= 0.3 is 0 Å². The number of aliphatic hydroxyl groups is 1. The SMILES string of the molecule is CCC(CN)C1(O)CCC(CN)C1. The number of hydrogen-bond acceptors (Lipinski definition) is 3. The fraction of sp³-hybridized carbons (Fsp3) is 1.00. The third kappa shape index (κ3) is 2.22. The zero-order valence-corrected chi connectivity index (χ0v) is 8.50. The molecule has 0 bridgehead atoms. The monoisotopic (exact) mass is 186 g/mol. The zero-order valence-electron chi connectivity index (χ0n) is 8.50. The van der Waals surface area contributed by atoms with Gasteiger partial charge in [-0.3, -0.25) is 0 Å². The summed E-state index contributed by atoms with van der Waals surface area (Å²) in [4.78, 5) is 0. The highest BCUT2D eigenvalue weighted by Crippen LogP contribution is 2.40. The summed E-state index contributed by atoms with van der Waals surface area (Å²) >= 11 is 0. The van der Waals surface area contributed by atoms with E-state index < -0.39 is 5.60 Å². The molecule has 3 atom stereocenters. The highest BCUT2D eigenvalue weighted by atomic mass is 16.3. The zero-order chi connectivity index (χ0) is 9.90. The Balaban J connectivity index is 2.56. The second-order valence-electron chi connectivity index (χ2n) is 4.29. The van der Waals surface area contributed by atoms with Crippen molar-refractivity contribution in [1.82, 2.24) is 0 Å². The number of hydrogen-bond donors (Lipinski definition) is 3. The van der Waals surface area contributed by atoms with Crippen LogP contribution in [0.25, 0.3) is 0 Å². The summed E-state index contributed by atoms with van der Waals surface area (Å²) in [6, 6.07) is 0. The van der Waals surface area contributed by atoms with Gasteiger partial charge in [0.05, 0.1) is 5.60 Å². The number of nitrogens with two attached hydrogens (primary N) is 2. The first-order chi connectivity index (χ1) is 6.16. The van der Waals surface area contributed by atoms with E-state index in [1.807, 2.05) is 0 Å². The average Bonchev–Trinajstić information content (AvgIpc) is 2.50. The van der Waals surface area contributed by atoms with Gasteiger partial charge in [-0.15, -0.1) is 0 Å². The molecule has 78 valence electrons. The van der Waals surface area contributed by atoms with Crippen molar-refractivity contribution in [3.63, 3.8) is 0 Å². The number of rotatable bonds is 4. The van der Waals surface area contributed by atoms with Crippen LogP contribution in [0.3, 0.4) is 0 Å². The molecule has 3 unspecified atom stereocenters. The Morgan fingerprint density at radius 1 is 1.54 bits per heavy atom. The molecule has 3 nitrogen and oxygen atoms in total. The van der Waals surface area contributed by atoms with E-state index in [2.05, 4.69) is 6.92 Å². The van der Waals surface area contributed by atoms with E-state index in [1.165, 1.54) is 0 Å². The van der Waals surface area contributed by atoms with Crippen LogP contribution in [-0.4, -0.2) is 23.8 Å². The van der Waals surface area contributed by atoms with Crippen LogP contribution in [-0.2, 0) is 0 Å².